The van der Waals surface area contributed by atoms with Crippen molar-refractivity contribution in [2.45, 2.75) is 44.9 Å². The summed E-state index contributed by atoms with van der Waals surface area (Å²) in [6.45, 7) is 2.69. The van der Waals surface area contributed by atoms with Gasteiger partial charge in [-0.05, 0) is 55.0 Å². The van der Waals surface area contributed by atoms with E-state index < -0.39 is 5.91 Å². The Morgan fingerprint density at radius 2 is 1.93 bits per heavy atom. The SMILES string of the molecule is CCCCOc1ccc(C(=O)NNC(=O)[C@@H]2CCCc3ccccc32)cc1OC. The Kier molecular flexibility index (Phi) is 7.11. The molecule has 1 aliphatic carbocycles. The van der Waals surface area contributed by atoms with E-state index in [0.717, 1.165) is 37.7 Å². The average molecular weight is 396 g/mol. The lowest BCUT2D eigenvalue weighted by Crippen LogP contribution is -2.44. The zero-order chi connectivity index (χ0) is 20.6. The van der Waals surface area contributed by atoms with Gasteiger partial charge in [-0.25, -0.2) is 0 Å². The lowest BCUT2D eigenvalue weighted by molar-refractivity contribution is -0.123. The molecule has 0 radical (unpaired) electrons. The van der Waals surface area contributed by atoms with E-state index in [-0.39, 0.29) is 11.8 Å². The van der Waals surface area contributed by atoms with Crippen molar-refractivity contribution in [3.05, 3.63) is 59.2 Å². The van der Waals surface area contributed by atoms with Gasteiger partial charge in [0.2, 0.25) is 5.91 Å². The molecule has 0 spiro atoms. The van der Waals surface area contributed by atoms with E-state index in [1.54, 1.807) is 18.2 Å². The monoisotopic (exact) mass is 396 g/mol. The van der Waals surface area contributed by atoms with Gasteiger partial charge in [0.1, 0.15) is 0 Å². The van der Waals surface area contributed by atoms with Crippen LogP contribution in [0.2, 0.25) is 0 Å². The molecule has 2 aromatic rings. The minimum absolute atomic E-state index is 0.197. The Morgan fingerprint density at radius 3 is 2.72 bits per heavy atom. The van der Waals surface area contributed by atoms with Crippen molar-refractivity contribution < 1.29 is 19.1 Å². The molecule has 2 amide bonds. The highest BCUT2D eigenvalue weighted by atomic mass is 16.5. The van der Waals surface area contributed by atoms with Crippen LogP contribution in [0.5, 0.6) is 11.5 Å². The van der Waals surface area contributed by atoms with Crippen molar-refractivity contribution in [2.75, 3.05) is 13.7 Å². The molecule has 2 N–H and O–H groups in total. The van der Waals surface area contributed by atoms with Crippen molar-refractivity contribution in [3.63, 3.8) is 0 Å². The molecule has 29 heavy (non-hydrogen) atoms. The van der Waals surface area contributed by atoms with Crippen molar-refractivity contribution in [2.24, 2.45) is 0 Å². The normalized spacial score (nSPS) is 15.2. The Balaban J connectivity index is 1.61. The quantitative estimate of drug-likeness (QED) is 0.552. The maximum absolute atomic E-state index is 12.7. The first-order valence-corrected chi connectivity index (χ1v) is 10.1. The van der Waals surface area contributed by atoms with E-state index in [0.29, 0.717) is 23.7 Å². The highest BCUT2D eigenvalue weighted by Crippen LogP contribution is 2.31. The molecule has 0 fully saturated rings. The second-order valence-electron chi connectivity index (χ2n) is 7.15. The molecule has 0 saturated carbocycles. The molecule has 0 heterocycles. The first-order valence-electron chi connectivity index (χ1n) is 10.1. The van der Waals surface area contributed by atoms with E-state index in [1.807, 2.05) is 18.2 Å². The molecule has 0 aliphatic heterocycles. The number of methoxy groups -OCH3 is 1. The lowest BCUT2D eigenvalue weighted by atomic mass is 9.82. The number of hydrogen-bond acceptors (Lipinski definition) is 4. The summed E-state index contributed by atoms with van der Waals surface area (Å²) >= 11 is 0. The molecule has 0 saturated heterocycles. The van der Waals surface area contributed by atoms with E-state index in [1.165, 1.54) is 12.7 Å². The number of fused-ring (bicyclic) bond motifs is 1. The number of nitrogens with one attached hydrogen (secondary N) is 2. The highest BCUT2D eigenvalue weighted by molar-refractivity contribution is 5.96. The first-order chi connectivity index (χ1) is 14.1. The fraction of sp³-hybridized carbons (Fsp3) is 0.391. The number of unbranched alkanes of at least 4 members (excludes halogenated alkanes) is 1. The van der Waals surface area contributed by atoms with E-state index in [9.17, 15) is 9.59 Å². The van der Waals surface area contributed by atoms with Gasteiger partial charge in [-0.1, -0.05) is 37.6 Å². The van der Waals surface area contributed by atoms with Crippen molar-refractivity contribution in [3.8, 4) is 11.5 Å². The zero-order valence-corrected chi connectivity index (χ0v) is 17.0. The highest BCUT2D eigenvalue weighted by Gasteiger charge is 2.26. The Morgan fingerprint density at radius 1 is 1.10 bits per heavy atom. The Bertz CT molecular complexity index is 866. The van der Waals surface area contributed by atoms with Crippen LogP contribution in [-0.2, 0) is 11.2 Å². The van der Waals surface area contributed by atoms with Gasteiger partial charge in [-0.2, -0.15) is 0 Å². The molecule has 154 valence electrons. The largest absolute Gasteiger partial charge is 0.493 e. The van der Waals surface area contributed by atoms with Crippen LogP contribution in [0.15, 0.2) is 42.5 Å². The number of hydrazine groups is 1. The van der Waals surface area contributed by atoms with Crippen LogP contribution in [0.3, 0.4) is 0 Å². The molecule has 0 unspecified atom stereocenters. The number of carbonyl (C=O) groups excluding carboxylic acids is 2. The summed E-state index contributed by atoms with van der Waals surface area (Å²) in [5, 5.41) is 0. The molecular formula is C23H28N2O4. The number of benzene rings is 2. The molecule has 0 aromatic heterocycles. The summed E-state index contributed by atoms with van der Waals surface area (Å²) in [6.07, 6.45) is 4.70. The fourth-order valence-corrected chi connectivity index (χ4v) is 3.56. The third-order valence-corrected chi connectivity index (χ3v) is 5.17. The Hall–Kier alpha value is -3.02. The van der Waals surface area contributed by atoms with Gasteiger partial charge in [-0.15, -0.1) is 0 Å². The van der Waals surface area contributed by atoms with Crippen LogP contribution < -0.4 is 20.3 Å². The number of carbonyl (C=O) groups is 2. The maximum Gasteiger partial charge on any atom is 0.269 e. The van der Waals surface area contributed by atoms with Crippen molar-refractivity contribution in [1.82, 2.24) is 10.9 Å². The molecule has 2 aromatic carbocycles. The molecule has 3 rings (SSSR count). The average Bonchev–Trinajstić information content (AvgIpc) is 2.77. The lowest BCUT2D eigenvalue weighted by Gasteiger charge is -2.24. The number of hydrogen-bond donors (Lipinski definition) is 2. The summed E-state index contributed by atoms with van der Waals surface area (Å²) in [7, 11) is 1.53. The standard InChI is InChI=1S/C23H28N2O4/c1-3-4-14-29-20-13-12-17(15-21(20)28-2)22(26)24-25-23(27)19-11-7-9-16-8-5-6-10-18(16)19/h5-6,8,10,12-13,15,19H,3-4,7,9,11,14H2,1-2H3,(H,24,26)(H,25,27)/t19-/m1/s1. The van der Waals surface area contributed by atoms with Crippen molar-refractivity contribution >= 4 is 11.8 Å². The van der Waals surface area contributed by atoms with Crippen LogP contribution in [0.4, 0.5) is 0 Å². The summed E-state index contributed by atoms with van der Waals surface area (Å²) in [4.78, 5) is 25.1. The van der Waals surface area contributed by atoms with E-state index >= 15 is 0 Å². The minimum atomic E-state index is -0.402. The number of ether oxygens (including phenoxy) is 2. The van der Waals surface area contributed by atoms with Gasteiger partial charge >= 0.3 is 0 Å². The van der Waals surface area contributed by atoms with E-state index in [4.69, 9.17) is 9.47 Å². The predicted octanol–water partition coefficient (Wildman–Crippen LogP) is 3.76. The smallest absolute Gasteiger partial charge is 0.269 e. The number of amides is 2. The van der Waals surface area contributed by atoms with Gasteiger partial charge in [0.25, 0.3) is 5.91 Å². The molecule has 1 atom stereocenters. The van der Waals surface area contributed by atoms with Crippen LogP contribution in [0, 0.1) is 0 Å². The summed E-state index contributed by atoms with van der Waals surface area (Å²) < 4.78 is 11.0. The van der Waals surface area contributed by atoms with Crippen molar-refractivity contribution in [1.29, 1.82) is 0 Å². The third-order valence-electron chi connectivity index (χ3n) is 5.17. The van der Waals surface area contributed by atoms with Crippen LogP contribution >= 0.6 is 0 Å². The predicted molar refractivity (Wildman–Crippen MR) is 111 cm³/mol. The van der Waals surface area contributed by atoms with Gasteiger partial charge < -0.3 is 9.47 Å². The minimum Gasteiger partial charge on any atom is -0.493 e. The third kappa shape index (κ3) is 5.08. The second kappa shape index (κ2) is 9.96. The van der Waals surface area contributed by atoms with Crippen LogP contribution in [-0.4, -0.2) is 25.5 Å². The van der Waals surface area contributed by atoms with Gasteiger partial charge in [0.15, 0.2) is 11.5 Å². The molecule has 0 bridgehead atoms. The van der Waals surface area contributed by atoms with Gasteiger partial charge in [0.05, 0.1) is 19.6 Å². The fourth-order valence-electron chi connectivity index (χ4n) is 3.56. The molecule has 6 nitrogen and oxygen atoms in total. The van der Waals surface area contributed by atoms with E-state index in [2.05, 4.69) is 23.8 Å². The Labute approximate surface area is 171 Å². The molecule has 1 aliphatic rings. The topological polar surface area (TPSA) is 76.7 Å². The maximum atomic E-state index is 12.7. The van der Waals surface area contributed by atoms with Crippen LogP contribution in [0.25, 0.3) is 0 Å². The first kappa shape index (κ1) is 20.7. The number of aryl methyl sites for hydroxylation is 1. The zero-order valence-electron chi connectivity index (χ0n) is 17.0. The summed E-state index contributed by atoms with van der Waals surface area (Å²) in [5.74, 6) is 0.239. The van der Waals surface area contributed by atoms with Gasteiger partial charge in [0, 0.05) is 5.56 Å². The summed E-state index contributed by atoms with van der Waals surface area (Å²) in [5.41, 5.74) is 7.72. The number of rotatable bonds is 7. The second-order valence-corrected chi connectivity index (χ2v) is 7.15. The van der Waals surface area contributed by atoms with Crippen LogP contribution in [0.1, 0.15) is 60.0 Å². The molecular weight excluding hydrogens is 368 g/mol. The molecule has 6 heteroatoms. The summed E-state index contributed by atoms with van der Waals surface area (Å²) in [6, 6.07) is 13.0. The van der Waals surface area contributed by atoms with Gasteiger partial charge in [-0.3, -0.25) is 20.4 Å².